The highest BCUT2D eigenvalue weighted by atomic mass is 16.5. The van der Waals surface area contributed by atoms with Gasteiger partial charge < -0.3 is 4.74 Å². The fourth-order valence-electron chi connectivity index (χ4n) is 4.81. The topological polar surface area (TPSA) is 50.1 Å². The van der Waals surface area contributed by atoms with Crippen LogP contribution in [0, 0.1) is 23.2 Å². The van der Waals surface area contributed by atoms with E-state index in [4.69, 9.17) is 4.74 Å². The number of rotatable bonds is 10. The number of ether oxygens (including phenoxy) is 1. The van der Waals surface area contributed by atoms with Crippen LogP contribution in [0.15, 0.2) is 42.5 Å². The number of unbranched alkanes of at least 4 members (excludes halogenated alkanes) is 2. The van der Waals surface area contributed by atoms with E-state index in [9.17, 15) is 10.1 Å². The van der Waals surface area contributed by atoms with Crippen LogP contribution >= 0.6 is 0 Å². The SMILES string of the molecule is CCCCCc1ccc(OC(=O)C2CCC(c3ccc(CC(C)CC)cc3)CC2)c(C#N)c1. The van der Waals surface area contributed by atoms with Crippen LogP contribution in [0.2, 0.25) is 0 Å². The standard InChI is InChI=1S/C30H39NO2/c1-4-6-7-8-23-11-18-29(28(20-23)21-31)33-30(32)27-16-14-26(15-17-27)25-12-9-24(10-13-25)19-22(3)5-2/h9-13,18,20,22,26-27H,4-8,14-17,19H2,1-3H3. The first-order valence-corrected chi connectivity index (χ1v) is 12.9. The van der Waals surface area contributed by atoms with Gasteiger partial charge in [-0.15, -0.1) is 0 Å². The van der Waals surface area contributed by atoms with Crippen molar-refractivity contribution in [2.45, 2.75) is 90.9 Å². The van der Waals surface area contributed by atoms with Gasteiger partial charge in [0.05, 0.1) is 11.5 Å². The molecular weight excluding hydrogens is 406 g/mol. The summed E-state index contributed by atoms with van der Waals surface area (Å²) in [6, 6.07) is 17.0. The molecule has 0 aliphatic heterocycles. The lowest BCUT2D eigenvalue weighted by Crippen LogP contribution is -2.25. The summed E-state index contributed by atoms with van der Waals surface area (Å²) < 4.78 is 5.70. The van der Waals surface area contributed by atoms with E-state index >= 15 is 0 Å². The van der Waals surface area contributed by atoms with E-state index in [1.807, 2.05) is 12.1 Å². The molecule has 3 heteroatoms. The predicted molar refractivity (Wildman–Crippen MR) is 134 cm³/mol. The molecule has 1 aliphatic carbocycles. The highest BCUT2D eigenvalue weighted by Crippen LogP contribution is 2.37. The van der Waals surface area contributed by atoms with Crippen molar-refractivity contribution in [2.75, 3.05) is 0 Å². The molecule has 3 nitrogen and oxygen atoms in total. The smallest absolute Gasteiger partial charge is 0.314 e. The van der Waals surface area contributed by atoms with E-state index in [-0.39, 0.29) is 11.9 Å². The zero-order chi connectivity index (χ0) is 23.6. The van der Waals surface area contributed by atoms with Crippen LogP contribution in [0.4, 0.5) is 0 Å². The van der Waals surface area contributed by atoms with Gasteiger partial charge in [0.1, 0.15) is 11.8 Å². The first-order chi connectivity index (χ1) is 16.0. The maximum absolute atomic E-state index is 12.8. The van der Waals surface area contributed by atoms with Gasteiger partial charge in [-0.25, -0.2) is 0 Å². The van der Waals surface area contributed by atoms with Crippen molar-refractivity contribution in [3.05, 3.63) is 64.7 Å². The van der Waals surface area contributed by atoms with Crippen LogP contribution in [0.25, 0.3) is 0 Å². The third-order valence-corrected chi connectivity index (χ3v) is 7.24. The van der Waals surface area contributed by atoms with E-state index in [1.165, 1.54) is 30.4 Å². The molecule has 1 saturated carbocycles. The normalized spacial score (nSPS) is 19.0. The number of aryl methyl sites for hydroxylation is 1. The molecule has 0 N–H and O–H groups in total. The van der Waals surface area contributed by atoms with Gasteiger partial charge >= 0.3 is 5.97 Å². The van der Waals surface area contributed by atoms with Crippen LogP contribution in [0.3, 0.4) is 0 Å². The van der Waals surface area contributed by atoms with Crippen molar-refractivity contribution in [3.8, 4) is 11.8 Å². The van der Waals surface area contributed by atoms with Gasteiger partial charge in [0.15, 0.2) is 0 Å². The zero-order valence-electron chi connectivity index (χ0n) is 20.6. The van der Waals surface area contributed by atoms with Gasteiger partial charge in [-0.1, -0.05) is 70.4 Å². The lowest BCUT2D eigenvalue weighted by atomic mass is 9.78. The first-order valence-electron chi connectivity index (χ1n) is 12.9. The van der Waals surface area contributed by atoms with Crippen molar-refractivity contribution < 1.29 is 9.53 Å². The Kier molecular flexibility index (Phi) is 9.55. The lowest BCUT2D eigenvalue weighted by molar-refractivity contribution is -0.140. The number of benzene rings is 2. The largest absolute Gasteiger partial charge is 0.425 e. The van der Waals surface area contributed by atoms with Gasteiger partial charge in [0, 0.05) is 0 Å². The number of esters is 1. The number of hydrogen-bond donors (Lipinski definition) is 0. The minimum atomic E-state index is -0.187. The minimum Gasteiger partial charge on any atom is -0.425 e. The summed E-state index contributed by atoms with van der Waals surface area (Å²) >= 11 is 0. The molecule has 176 valence electrons. The average molecular weight is 446 g/mol. The van der Waals surface area contributed by atoms with Crippen LogP contribution in [0.5, 0.6) is 5.75 Å². The van der Waals surface area contributed by atoms with E-state index in [0.29, 0.717) is 17.2 Å². The molecular formula is C30H39NO2. The van der Waals surface area contributed by atoms with Crippen molar-refractivity contribution in [2.24, 2.45) is 11.8 Å². The van der Waals surface area contributed by atoms with Crippen molar-refractivity contribution in [1.29, 1.82) is 5.26 Å². The highest BCUT2D eigenvalue weighted by Gasteiger charge is 2.29. The molecule has 3 rings (SSSR count). The predicted octanol–water partition coefficient (Wildman–Crippen LogP) is 7.76. The van der Waals surface area contributed by atoms with E-state index in [1.54, 1.807) is 6.07 Å². The van der Waals surface area contributed by atoms with E-state index in [2.05, 4.69) is 51.1 Å². The molecule has 0 bridgehead atoms. The van der Waals surface area contributed by atoms with Gasteiger partial charge in [0.2, 0.25) is 0 Å². The van der Waals surface area contributed by atoms with Crippen LogP contribution in [-0.2, 0) is 17.6 Å². The molecule has 0 radical (unpaired) electrons. The number of nitriles is 1. The fraction of sp³-hybridized carbons (Fsp3) is 0.533. The van der Waals surface area contributed by atoms with Gasteiger partial charge in [-0.3, -0.25) is 4.79 Å². The van der Waals surface area contributed by atoms with E-state index < -0.39 is 0 Å². The second-order valence-corrected chi connectivity index (χ2v) is 9.83. The maximum Gasteiger partial charge on any atom is 0.314 e. The Labute approximate surface area is 200 Å². The Bertz CT molecular complexity index is 933. The number of nitrogens with zero attached hydrogens (tertiary/aromatic N) is 1. The Morgan fingerprint density at radius 2 is 1.73 bits per heavy atom. The molecule has 0 amide bonds. The lowest BCUT2D eigenvalue weighted by Gasteiger charge is -2.27. The number of hydrogen-bond acceptors (Lipinski definition) is 3. The van der Waals surface area contributed by atoms with Gasteiger partial charge in [0.25, 0.3) is 0 Å². The summed E-state index contributed by atoms with van der Waals surface area (Å²) in [4.78, 5) is 12.8. The summed E-state index contributed by atoms with van der Waals surface area (Å²) in [5, 5.41) is 9.54. The second-order valence-electron chi connectivity index (χ2n) is 9.83. The molecule has 0 aromatic heterocycles. The van der Waals surface area contributed by atoms with Crippen LogP contribution < -0.4 is 4.74 Å². The third-order valence-electron chi connectivity index (χ3n) is 7.24. The van der Waals surface area contributed by atoms with E-state index in [0.717, 1.165) is 56.4 Å². The molecule has 0 saturated heterocycles. The maximum atomic E-state index is 12.8. The second kappa shape index (κ2) is 12.6. The highest BCUT2D eigenvalue weighted by molar-refractivity contribution is 5.76. The molecule has 1 unspecified atom stereocenters. The summed E-state index contributed by atoms with van der Waals surface area (Å²) in [7, 11) is 0. The summed E-state index contributed by atoms with van der Waals surface area (Å²) in [6.07, 6.45) is 10.5. The van der Waals surface area contributed by atoms with Crippen LogP contribution in [-0.4, -0.2) is 5.97 Å². The number of carbonyl (C=O) groups excluding carboxylic acids is 1. The average Bonchev–Trinajstić information content (AvgIpc) is 2.85. The van der Waals surface area contributed by atoms with Crippen molar-refractivity contribution >= 4 is 5.97 Å². The first kappa shape index (κ1) is 25.0. The van der Waals surface area contributed by atoms with Gasteiger partial charge in [-0.05, 0) is 85.6 Å². The Hall–Kier alpha value is -2.60. The monoisotopic (exact) mass is 445 g/mol. The molecule has 1 atom stereocenters. The Morgan fingerprint density at radius 1 is 1.03 bits per heavy atom. The third kappa shape index (κ3) is 7.19. The van der Waals surface area contributed by atoms with Gasteiger partial charge in [-0.2, -0.15) is 5.26 Å². The fourth-order valence-corrected chi connectivity index (χ4v) is 4.81. The zero-order valence-corrected chi connectivity index (χ0v) is 20.6. The van der Waals surface area contributed by atoms with Crippen molar-refractivity contribution in [3.63, 3.8) is 0 Å². The van der Waals surface area contributed by atoms with Crippen LogP contribution in [0.1, 0.15) is 100 Å². The minimum absolute atomic E-state index is 0.0818. The quantitative estimate of drug-likeness (QED) is 0.213. The van der Waals surface area contributed by atoms with Crippen molar-refractivity contribution in [1.82, 2.24) is 0 Å². The Balaban J connectivity index is 1.52. The summed E-state index contributed by atoms with van der Waals surface area (Å²) in [6.45, 7) is 6.73. The Morgan fingerprint density at radius 3 is 2.36 bits per heavy atom. The molecule has 2 aromatic rings. The molecule has 2 aromatic carbocycles. The molecule has 0 heterocycles. The summed E-state index contributed by atoms with van der Waals surface area (Å²) in [5.74, 6) is 1.37. The summed E-state index contributed by atoms with van der Waals surface area (Å²) in [5.41, 5.74) is 4.40. The molecule has 1 aliphatic rings. The molecule has 33 heavy (non-hydrogen) atoms. The molecule has 0 spiro atoms. The molecule has 1 fully saturated rings. The number of carbonyl (C=O) groups is 1.